The van der Waals surface area contributed by atoms with Gasteiger partial charge in [-0.15, -0.1) is 0 Å². The number of benzene rings is 3. The number of rotatable bonds is 10. The maximum atomic E-state index is 12.5. The number of ether oxygens (including phenoxy) is 3. The zero-order chi connectivity index (χ0) is 28.1. The summed E-state index contributed by atoms with van der Waals surface area (Å²) in [5, 5.41) is 6.82. The maximum absolute atomic E-state index is 12.5. The molecule has 4 aromatic rings. The van der Waals surface area contributed by atoms with Crippen LogP contribution in [0.5, 0.6) is 5.75 Å². The third kappa shape index (κ3) is 5.71. The first-order valence-corrected chi connectivity index (χ1v) is 13.3. The molecule has 0 aliphatic heterocycles. The molecule has 206 valence electrons. The minimum atomic E-state index is -0.575. The predicted octanol–water partition coefficient (Wildman–Crippen LogP) is 6.71. The molecule has 0 radical (unpaired) electrons. The van der Waals surface area contributed by atoms with Crippen molar-refractivity contribution >= 4 is 17.7 Å². The molecule has 0 atom stereocenters. The van der Waals surface area contributed by atoms with Gasteiger partial charge in [0.1, 0.15) is 17.1 Å². The van der Waals surface area contributed by atoms with Gasteiger partial charge in [-0.1, -0.05) is 65.8 Å². The van der Waals surface area contributed by atoms with E-state index in [1.165, 1.54) is 0 Å². The lowest BCUT2D eigenvalue weighted by molar-refractivity contribution is -0.146. The number of anilines is 1. The van der Waals surface area contributed by atoms with Crippen LogP contribution in [0.2, 0.25) is 0 Å². The fraction of sp³-hybridized carbons (Fsp3) is 0.281. The molecule has 1 amide bonds. The summed E-state index contributed by atoms with van der Waals surface area (Å²) in [5.74, 6) is 1.10. The van der Waals surface area contributed by atoms with Gasteiger partial charge in [-0.3, -0.25) is 10.1 Å². The van der Waals surface area contributed by atoms with Crippen LogP contribution in [0.3, 0.4) is 0 Å². The van der Waals surface area contributed by atoms with Gasteiger partial charge in [0.05, 0.1) is 25.7 Å². The average molecular weight is 541 g/mol. The quantitative estimate of drug-likeness (QED) is 0.223. The third-order valence-electron chi connectivity index (χ3n) is 7.21. The Morgan fingerprint density at radius 2 is 1.52 bits per heavy atom. The van der Waals surface area contributed by atoms with E-state index in [9.17, 15) is 9.59 Å². The van der Waals surface area contributed by atoms with E-state index in [1.54, 1.807) is 14.0 Å². The van der Waals surface area contributed by atoms with Crippen molar-refractivity contribution in [2.45, 2.75) is 38.5 Å². The van der Waals surface area contributed by atoms with Crippen LogP contribution in [-0.2, 0) is 26.1 Å². The van der Waals surface area contributed by atoms with Gasteiger partial charge in [0.15, 0.2) is 5.76 Å². The summed E-state index contributed by atoms with van der Waals surface area (Å²) in [6, 6.07) is 23.5. The second-order valence-corrected chi connectivity index (χ2v) is 9.79. The highest BCUT2D eigenvalue weighted by atomic mass is 16.5. The smallest absolute Gasteiger partial charge is 0.411 e. The molecular formula is C32H32N2O6. The van der Waals surface area contributed by atoms with Crippen LogP contribution in [0.4, 0.5) is 10.5 Å². The molecule has 1 aliphatic rings. The van der Waals surface area contributed by atoms with Crippen molar-refractivity contribution in [2.75, 3.05) is 25.6 Å². The van der Waals surface area contributed by atoms with Crippen molar-refractivity contribution in [1.29, 1.82) is 0 Å². The lowest BCUT2D eigenvalue weighted by Crippen LogP contribution is -2.23. The first-order chi connectivity index (χ1) is 19.4. The van der Waals surface area contributed by atoms with E-state index in [1.807, 2.05) is 79.7 Å². The molecule has 8 heteroatoms. The average Bonchev–Trinajstić information content (AvgIpc) is 3.72. The summed E-state index contributed by atoms with van der Waals surface area (Å²) in [7, 11) is 1.62. The molecule has 5 rings (SSSR count). The number of carbonyl (C=O) groups excluding carboxylic acids is 2. The van der Waals surface area contributed by atoms with Gasteiger partial charge in [0.25, 0.3) is 0 Å². The standard InChI is InChI=1S/C32H32N2O6/c1-4-38-30(35)32(18-19-32)26-13-11-24(12-14-26)23-7-9-25(10-8-23)29-28(21(2)34-40-29)33-31(36)39-20-17-22-5-15-27(37-3)16-6-22/h5-16H,4,17-20H2,1-3H3,(H,33,36). The fourth-order valence-corrected chi connectivity index (χ4v) is 4.71. The molecule has 3 aromatic carbocycles. The molecule has 8 nitrogen and oxygen atoms in total. The van der Waals surface area contributed by atoms with Crippen molar-refractivity contribution in [3.05, 3.63) is 89.6 Å². The minimum Gasteiger partial charge on any atom is -0.497 e. The van der Waals surface area contributed by atoms with Crippen molar-refractivity contribution in [1.82, 2.24) is 5.16 Å². The molecule has 0 spiro atoms. The van der Waals surface area contributed by atoms with E-state index >= 15 is 0 Å². The number of methoxy groups -OCH3 is 1. The van der Waals surface area contributed by atoms with E-state index in [0.29, 0.717) is 30.2 Å². The van der Waals surface area contributed by atoms with Gasteiger partial charge in [-0.2, -0.15) is 0 Å². The van der Waals surface area contributed by atoms with Crippen LogP contribution >= 0.6 is 0 Å². The topological polar surface area (TPSA) is 99.9 Å². The number of aryl methyl sites for hydroxylation is 1. The van der Waals surface area contributed by atoms with Gasteiger partial charge in [0.2, 0.25) is 0 Å². The fourth-order valence-electron chi connectivity index (χ4n) is 4.71. The number of carbonyl (C=O) groups is 2. The van der Waals surface area contributed by atoms with Gasteiger partial charge >= 0.3 is 12.1 Å². The molecule has 0 unspecified atom stereocenters. The van der Waals surface area contributed by atoms with E-state index in [0.717, 1.165) is 46.4 Å². The SMILES string of the molecule is CCOC(=O)C1(c2ccc(-c3ccc(-c4onc(C)c4NC(=O)OCCc4ccc(OC)cc4)cc3)cc2)CC1. The van der Waals surface area contributed by atoms with Gasteiger partial charge in [0, 0.05) is 12.0 Å². The Morgan fingerprint density at radius 3 is 2.12 bits per heavy atom. The number of hydrogen-bond acceptors (Lipinski definition) is 7. The highest BCUT2D eigenvalue weighted by Gasteiger charge is 2.52. The summed E-state index contributed by atoms with van der Waals surface area (Å²) in [6.07, 6.45) is 1.65. The van der Waals surface area contributed by atoms with Gasteiger partial charge in [-0.25, -0.2) is 4.79 Å². The molecule has 1 saturated carbocycles. The minimum absolute atomic E-state index is 0.139. The highest BCUT2D eigenvalue weighted by Crippen LogP contribution is 2.49. The second kappa shape index (κ2) is 11.7. The largest absolute Gasteiger partial charge is 0.497 e. The Morgan fingerprint density at radius 1 is 0.900 bits per heavy atom. The monoisotopic (exact) mass is 540 g/mol. The van der Waals surface area contributed by atoms with E-state index in [-0.39, 0.29) is 12.6 Å². The maximum Gasteiger partial charge on any atom is 0.411 e. The van der Waals surface area contributed by atoms with Crippen LogP contribution in [0.25, 0.3) is 22.5 Å². The Hall–Kier alpha value is -4.59. The van der Waals surface area contributed by atoms with E-state index in [4.69, 9.17) is 18.7 Å². The van der Waals surface area contributed by atoms with Gasteiger partial charge in [-0.05, 0) is 61.1 Å². The Labute approximate surface area is 233 Å². The Balaban J connectivity index is 1.22. The van der Waals surface area contributed by atoms with Crippen molar-refractivity contribution in [3.63, 3.8) is 0 Å². The van der Waals surface area contributed by atoms with E-state index < -0.39 is 11.5 Å². The summed E-state index contributed by atoms with van der Waals surface area (Å²) in [5.41, 5.74) is 5.39. The van der Waals surface area contributed by atoms with Crippen LogP contribution in [0.1, 0.15) is 36.6 Å². The third-order valence-corrected chi connectivity index (χ3v) is 7.21. The zero-order valence-corrected chi connectivity index (χ0v) is 22.9. The van der Waals surface area contributed by atoms with Crippen molar-refractivity contribution in [3.8, 4) is 28.2 Å². The molecule has 1 aliphatic carbocycles. The lowest BCUT2D eigenvalue weighted by atomic mass is 9.93. The number of amides is 1. The van der Waals surface area contributed by atoms with Crippen LogP contribution in [-0.4, -0.2) is 37.5 Å². The summed E-state index contributed by atoms with van der Waals surface area (Å²) in [6.45, 7) is 4.21. The predicted molar refractivity (Wildman–Crippen MR) is 151 cm³/mol. The lowest BCUT2D eigenvalue weighted by Gasteiger charge is -2.14. The Kier molecular flexibility index (Phi) is 7.86. The molecule has 1 fully saturated rings. The molecule has 1 heterocycles. The zero-order valence-electron chi connectivity index (χ0n) is 22.9. The molecule has 0 bridgehead atoms. The summed E-state index contributed by atoms with van der Waals surface area (Å²) in [4.78, 5) is 24.9. The van der Waals surface area contributed by atoms with Crippen molar-refractivity contribution < 1.29 is 28.3 Å². The number of nitrogens with zero attached hydrogens (tertiary/aromatic N) is 1. The summed E-state index contributed by atoms with van der Waals surface area (Å²) < 4.78 is 21.4. The summed E-state index contributed by atoms with van der Waals surface area (Å²) >= 11 is 0. The number of hydrogen-bond donors (Lipinski definition) is 1. The van der Waals surface area contributed by atoms with E-state index in [2.05, 4.69) is 10.5 Å². The molecule has 1 aromatic heterocycles. The molecule has 0 saturated heterocycles. The molecule has 1 N–H and O–H groups in total. The Bertz CT molecular complexity index is 1470. The number of aromatic nitrogens is 1. The van der Waals surface area contributed by atoms with Crippen LogP contribution < -0.4 is 10.1 Å². The highest BCUT2D eigenvalue weighted by molar-refractivity contribution is 5.91. The molecular weight excluding hydrogens is 508 g/mol. The number of nitrogens with one attached hydrogen (secondary N) is 1. The second-order valence-electron chi connectivity index (χ2n) is 9.79. The first kappa shape index (κ1) is 27.0. The first-order valence-electron chi connectivity index (χ1n) is 13.3. The normalized spacial score (nSPS) is 13.4. The van der Waals surface area contributed by atoms with Crippen molar-refractivity contribution in [2.24, 2.45) is 0 Å². The van der Waals surface area contributed by atoms with Gasteiger partial charge < -0.3 is 18.7 Å². The number of esters is 1. The van der Waals surface area contributed by atoms with Crippen LogP contribution in [0.15, 0.2) is 77.3 Å². The molecule has 40 heavy (non-hydrogen) atoms. The van der Waals surface area contributed by atoms with Crippen LogP contribution in [0, 0.1) is 6.92 Å².